The van der Waals surface area contributed by atoms with Crippen LogP contribution in [0.15, 0.2) is 50.4 Å². The summed E-state index contributed by atoms with van der Waals surface area (Å²) in [4.78, 5) is 21.9. The number of hydrogen-bond donors (Lipinski definition) is 1. The summed E-state index contributed by atoms with van der Waals surface area (Å²) in [5, 5.41) is 6.27. The van der Waals surface area contributed by atoms with Crippen molar-refractivity contribution >= 4 is 41.5 Å². The van der Waals surface area contributed by atoms with Gasteiger partial charge < -0.3 is 9.64 Å². The average Bonchev–Trinajstić information content (AvgIpc) is 2.69. The molecule has 28 heavy (non-hydrogen) atoms. The summed E-state index contributed by atoms with van der Waals surface area (Å²) in [6, 6.07) is 3.84. The lowest BCUT2D eigenvalue weighted by Crippen LogP contribution is -2.35. The fourth-order valence-electron chi connectivity index (χ4n) is 2.83. The van der Waals surface area contributed by atoms with E-state index in [9.17, 15) is 9.18 Å². The van der Waals surface area contributed by atoms with Gasteiger partial charge in [-0.2, -0.15) is 5.10 Å². The number of aromatic nitrogens is 2. The lowest BCUT2D eigenvalue weighted by Gasteiger charge is -2.31. The molecule has 0 aliphatic carbocycles. The van der Waals surface area contributed by atoms with Gasteiger partial charge in [0.05, 0.1) is 29.1 Å². The molecule has 0 fully saturated rings. The molecule has 0 saturated carbocycles. The van der Waals surface area contributed by atoms with Crippen molar-refractivity contribution in [2.24, 2.45) is 9.98 Å². The molecule has 0 amide bonds. The topological polar surface area (TPSA) is 82.9 Å². The maximum Gasteiger partial charge on any atom is 0.285 e. The largest absolute Gasteiger partial charge is 0.437 e. The van der Waals surface area contributed by atoms with Crippen molar-refractivity contribution in [1.29, 1.82) is 0 Å². The first-order valence-corrected chi connectivity index (χ1v) is 8.97. The molecule has 1 aromatic heterocycles. The van der Waals surface area contributed by atoms with E-state index in [0.717, 1.165) is 11.6 Å². The molecule has 0 spiro atoms. The van der Waals surface area contributed by atoms with Gasteiger partial charge in [-0.25, -0.2) is 9.49 Å². The fourth-order valence-corrected chi connectivity index (χ4v) is 3.24. The van der Waals surface area contributed by atoms with Gasteiger partial charge in [0.1, 0.15) is 16.6 Å². The minimum Gasteiger partial charge on any atom is -0.437 e. The van der Waals surface area contributed by atoms with Gasteiger partial charge in [-0.05, 0) is 31.3 Å². The van der Waals surface area contributed by atoms with Crippen LogP contribution in [0.5, 0.6) is 5.75 Å². The summed E-state index contributed by atoms with van der Waals surface area (Å²) in [6.07, 6.45) is 1.99. The first-order valence-electron chi connectivity index (χ1n) is 8.21. The van der Waals surface area contributed by atoms with E-state index >= 15 is 0 Å². The van der Waals surface area contributed by atoms with Crippen LogP contribution in [-0.2, 0) is 0 Å². The number of halogens is 3. The SMILES string of the molecule is C=NC1=C(/C(=N\C)Oc2ccc(F)cc2Cl)CCN(c2cn[nH]c(=O)c2Cl)C1. The minimum absolute atomic E-state index is 0.0561. The van der Waals surface area contributed by atoms with E-state index in [1.807, 2.05) is 4.90 Å². The molecule has 0 radical (unpaired) electrons. The molecule has 2 heterocycles. The van der Waals surface area contributed by atoms with Gasteiger partial charge >= 0.3 is 0 Å². The Bertz CT molecular complexity index is 1030. The summed E-state index contributed by atoms with van der Waals surface area (Å²) in [5.41, 5.74) is 1.39. The molecule has 7 nitrogen and oxygen atoms in total. The third kappa shape index (κ3) is 4.07. The highest BCUT2D eigenvalue weighted by Crippen LogP contribution is 2.30. The molecule has 0 atom stereocenters. The van der Waals surface area contributed by atoms with Crippen LogP contribution in [0.1, 0.15) is 6.42 Å². The zero-order valence-corrected chi connectivity index (χ0v) is 16.4. The summed E-state index contributed by atoms with van der Waals surface area (Å²) < 4.78 is 19.1. The Morgan fingerprint density at radius 1 is 1.43 bits per heavy atom. The Balaban J connectivity index is 1.90. The molecule has 0 saturated heterocycles. The number of anilines is 1. The van der Waals surface area contributed by atoms with Gasteiger partial charge in [0, 0.05) is 19.2 Å². The van der Waals surface area contributed by atoms with Crippen LogP contribution in [0.25, 0.3) is 0 Å². The smallest absolute Gasteiger partial charge is 0.285 e. The molecule has 1 aromatic carbocycles. The second-order valence-corrected chi connectivity index (χ2v) is 6.64. The van der Waals surface area contributed by atoms with E-state index in [0.29, 0.717) is 36.8 Å². The van der Waals surface area contributed by atoms with Crippen molar-refractivity contribution in [2.45, 2.75) is 6.42 Å². The number of aromatic amines is 1. The highest BCUT2D eigenvalue weighted by atomic mass is 35.5. The number of nitrogens with zero attached hydrogens (tertiary/aromatic N) is 4. The highest BCUT2D eigenvalue weighted by Gasteiger charge is 2.25. The van der Waals surface area contributed by atoms with Crippen LogP contribution in [0.3, 0.4) is 0 Å². The van der Waals surface area contributed by atoms with E-state index < -0.39 is 11.4 Å². The molecular formula is C18H16Cl2FN5O2. The molecule has 3 rings (SSSR count). The molecule has 0 bridgehead atoms. The second kappa shape index (κ2) is 8.53. The third-order valence-electron chi connectivity index (χ3n) is 4.19. The minimum atomic E-state index is -0.466. The number of hydrogen-bond acceptors (Lipinski definition) is 6. The zero-order chi connectivity index (χ0) is 20.3. The molecule has 1 aliphatic heterocycles. The number of ether oxygens (including phenoxy) is 1. The molecule has 1 aliphatic rings. The standard InChI is InChI=1S/C18H16Cl2FN5O2/c1-22-13-9-26(14-8-24-25-17(27)16(14)20)6-5-11(13)18(23-2)28-15-4-3-10(21)7-12(15)19/h3-4,7-8H,1,5-6,9H2,2H3,(H,25,27)/b23-18+. The molecular weight excluding hydrogens is 408 g/mol. The van der Waals surface area contributed by atoms with E-state index in [4.69, 9.17) is 27.9 Å². The average molecular weight is 424 g/mol. The Morgan fingerprint density at radius 3 is 2.89 bits per heavy atom. The van der Waals surface area contributed by atoms with E-state index in [1.54, 1.807) is 7.05 Å². The van der Waals surface area contributed by atoms with Crippen LogP contribution in [-0.4, -0.2) is 42.9 Å². The van der Waals surface area contributed by atoms with Gasteiger partial charge in [0.25, 0.3) is 5.56 Å². The van der Waals surface area contributed by atoms with Crippen molar-refractivity contribution in [3.05, 3.63) is 61.9 Å². The predicted octanol–water partition coefficient (Wildman–Crippen LogP) is 3.49. The van der Waals surface area contributed by atoms with Crippen molar-refractivity contribution in [3.63, 3.8) is 0 Å². The normalized spacial score (nSPS) is 15.0. The number of benzene rings is 1. The van der Waals surface area contributed by atoms with Gasteiger partial charge in [-0.3, -0.25) is 14.8 Å². The van der Waals surface area contributed by atoms with Gasteiger partial charge in [0.15, 0.2) is 0 Å². The number of H-pyrrole nitrogens is 1. The van der Waals surface area contributed by atoms with Crippen LogP contribution in [0.4, 0.5) is 10.1 Å². The predicted molar refractivity (Wildman–Crippen MR) is 109 cm³/mol. The van der Waals surface area contributed by atoms with Crippen molar-refractivity contribution in [3.8, 4) is 5.75 Å². The molecule has 0 unspecified atom stereocenters. The maximum absolute atomic E-state index is 13.3. The molecule has 2 aromatic rings. The Morgan fingerprint density at radius 2 is 2.21 bits per heavy atom. The lowest BCUT2D eigenvalue weighted by molar-refractivity contribution is 0.538. The van der Waals surface area contributed by atoms with Gasteiger partial charge in [-0.1, -0.05) is 23.2 Å². The summed E-state index contributed by atoms with van der Waals surface area (Å²) in [5.74, 6) is 0.131. The maximum atomic E-state index is 13.3. The lowest BCUT2D eigenvalue weighted by atomic mass is 10.0. The van der Waals surface area contributed by atoms with E-state index in [-0.39, 0.29) is 15.8 Å². The summed E-state index contributed by atoms with van der Waals surface area (Å²) in [7, 11) is 1.57. The Labute approximate surface area is 170 Å². The van der Waals surface area contributed by atoms with Crippen LogP contribution in [0.2, 0.25) is 10.0 Å². The van der Waals surface area contributed by atoms with Crippen LogP contribution < -0.4 is 15.2 Å². The fraction of sp³-hybridized carbons (Fsp3) is 0.222. The van der Waals surface area contributed by atoms with Crippen molar-refractivity contribution < 1.29 is 9.13 Å². The van der Waals surface area contributed by atoms with Crippen molar-refractivity contribution in [2.75, 3.05) is 25.0 Å². The Kier molecular flexibility index (Phi) is 6.11. The molecule has 10 heteroatoms. The highest BCUT2D eigenvalue weighted by molar-refractivity contribution is 6.33. The molecule has 146 valence electrons. The van der Waals surface area contributed by atoms with Gasteiger partial charge in [-0.15, -0.1) is 0 Å². The zero-order valence-electron chi connectivity index (χ0n) is 14.9. The van der Waals surface area contributed by atoms with E-state index in [1.165, 1.54) is 18.3 Å². The monoisotopic (exact) mass is 423 g/mol. The number of rotatable bonds is 4. The van der Waals surface area contributed by atoms with Crippen molar-refractivity contribution in [1.82, 2.24) is 10.2 Å². The van der Waals surface area contributed by atoms with Gasteiger partial charge in [0.2, 0.25) is 5.90 Å². The first kappa shape index (κ1) is 20.0. The third-order valence-corrected chi connectivity index (χ3v) is 4.85. The summed E-state index contributed by atoms with van der Waals surface area (Å²) >= 11 is 12.1. The van der Waals surface area contributed by atoms with Crippen LogP contribution in [0, 0.1) is 5.82 Å². The summed E-state index contributed by atoms with van der Waals surface area (Å²) in [6.45, 7) is 4.48. The first-order chi connectivity index (χ1) is 13.4. The van der Waals surface area contributed by atoms with E-state index in [2.05, 4.69) is 26.9 Å². The Hall–Kier alpha value is -2.71. The number of aliphatic imine (C=N–C) groups is 2. The second-order valence-electron chi connectivity index (χ2n) is 5.86. The quantitative estimate of drug-likeness (QED) is 0.602. The number of nitrogens with one attached hydrogen (secondary N) is 1. The molecule has 1 N–H and O–H groups in total. The van der Waals surface area contributed by atoms with Crippen LogP contribution >= 0.6 is 23.2 Å².